The number of rotatable bonds is 5. The molecular formula is C29H30F3N3O3. The molecule has 0 bridgehead atoms. The van der Waals surface area contributed by atoms with Gasteiger partial charge < -0.3 is 14.5 Å². The molecule has 1 aliphatic carbocycles. The topological polar surface area (TPSA) is 53.1 Å². The fourth-order valence-electron chi connectivity index (χ4n) is 5.04. The van der Waals surface area contributed by atoms with Crippen LogP contribution in [0.1, 0.15) is 29.3 Å². The van der Waals surface area contributed by atoms with Crippen LogP contribution in [0.4, 0.5) is 13.2 Å². The number of carbonyl (C=O) groups is 2. The Bertz CT molecular complexity index is 1250. The first kappa shape index (κ1) is 26.0. The van der Waals surface area contributed by atoms with Gasteiger partial charge in [-0.1, -0.05) is 30.3 Å². The third-order valence-corrected chi connectivity index (χ3v) is 7.39. The first-order valence-corrected chi connectivity index (χ1v) is 12.7. The lowest BCUT2D eigenvalue weighted by atomic mass is 9.92. The summed E-state index contributed by atoms with van der Waals surface area (Å²) in [6.07, 6.45) is 1.15. The molecule has 3 aliphatic rings. The highest BCUT2D eigenvalue weighted by Gasteiger charge is 2.38. The van der Waals surface area contributed by atoms with Gasteiger partial charge in [-0.05, 0) is 49.4 Å². The summed E-state index contributed by atoms with van der Waals surface area (Å²) in [7, 11) is 0. The van der Waals surface area contributed by atoms with Crippen molar-refractivity contribution in [3.05, 3.63) is 89.5 Å². The molecule has 38 heavy (non-hydrogen) atoms. The van der Waals surface area contributed by atoms with Crippen LogP contribution in [0.3, 0.4) is 0 Å². The molecule has 5 rings (SSSR count). The molecule has 2 amide bonds. The van der Waals surface area contributed by atoms with Crippen molar-refractivity contribution >= 4 is 11.8 Å². The average molecular weight is 526 g/mol. The second-order valence-electron chi connectivity index (χ2n) is 10.2. The highest BCUT2D eigenvalue weighted by Crippen LogP contribution is 2.34. The molecule has 2 fully saturated rings. The summed E-state index contributed by atoms with van der Waals surface area (Å²) in [5.41, 5.74) is -0.345. The molecule has 0 saturated carbocycles. The monoisotopic (exact) mass is 525 g/mol. The first-order chi connectivity index (χ1) is 18.1. The highest BCUT2D eigenvalue weighted by atomic mass is 19.4. The minimum Gasteiger partial charge on any atom is -0.483 e. The van der Waals surface area contributed by atoms with Gasteiger partial charge in [0.1, 0.15) is 11.4 Å². The Morgan fingerprint density at radius 3 is 2.26 bits per heavy atom. The van der Waals surface area contributed by atoms with Crippen LogP contribution in [0, 0.1) is 0 Å². The molecule has 0 aromatic heterocycles. The summed E-state index contributed by atoms with van der Waals surface area (Å²) in [4.78, 5) is 31.7. The molecule has 2 aliphatic heterocycles. The number of amides is 2. The number of alkyl halides is 3. The molecule has 2 aromatic rings. The summed E-state index contributed by atoms with van der Waals surface area (Å²) >= 11 is 0. The van der Waals surface area contributed by atoms with Crippen LogP contribution in [0.15, 0.2) is 78.4 Å². The van der Waals surface area contributed by atoms with Gasteiger partial charge in [0.25, 0.3) is 11.8 Å². The number of hydrogen-bond donors (Lipinski definition) is 0. The minimum atomic E-state index is -4.44. The Morgan fingerprint density at radius 2 is 1.63 bits per heavy atom. The molecular weight excluding hydrogens is 495 g/mol. The average Bonchev–Trinajstić information content (AvgIpc) is 2.88. The van der Waals surface area contributed by atoms with Gasteiger partial charge in [-0.2, -0.15) is 13.2 Å². The van der Waals surface area contributed by atoms with Crippen LogP contribution in [0.2, 0.25) is 0 Å². The molecule has 200 valence electrons. The van der Waals surface area contributed by atoms with Gasteiger partial charge in [0.15, 0.2) is 0 Å². The Morgan fingerprint density at radius 1 is 0.921 bits per heavy atom. The third kappa shape index (κ3) is 5.62. The van der Waals surface area contributed by atoms with Crippen LogP contribution in [0.25, 0.3) is 0 Å². The third-order valence-electron chi connectivity index (χ3n) is 7.39. The SMILES string of the molecule is CC1(Oc2cccc(C(F)(F)F)c2)C=CC(C(=O)N2CC(N3CCN(C(=O)c4ccccc4)CC3)C2)=CC1. The number of hydrogen-bond acceptors (Lipinski definition) is 4. The van der Waals surface area contributed by atoms with E-state index in [1.165, 1.54) is 12.1 Å². The first-order valence-electron chi connectivity index (χ1n) is 12.7. The van der Waals surface area contributed by atoms with Crippen molar-refractivity contribution in [2.24, 2.45) is 0 Å². The van der Waals surface area contributed by atoms with Crippen LogP contribution >= 0.6 is 0 Å². The lowest BCUT2D eigenvalue weighted by Crippen LogP contribution is -2.64. The van der Waals surface area contributed by atoms with E-state index in [1.807, 2.05) is 35.2 Å². The van der Waals surface area contributed by atoms with E-state index in [1.54, 1.807) is 30.1 Å². The summed E-state index contributed by atoms with van der Waals surface area (Å²) in [5, 5.41) is 0. The maximum Gasteiger partial charge on any atom is 0.416 e. The number of piperazine rings is 1. The van der Waals surface area contributed by atoms with E-state index in [0.29, 0.717) is 43.7 Å². The van der Waals surface area contributed by atoms with Crippen molar-refractivity contribution in [1.82, 2.24) is 14.7 Å². The molecule has 1 unspecified atom stereocenters. The number of benzene rings is 2. The summed E-state index contributed by atoms with van der Waals surface area (Å²) < 4.78 is 44.9. The van der Waals surface area contributed by atoms with E-state index in [0.717, 1.165) is 25.2 Å². The molecule has 2 saturated heterocycles. The predicted molar refractivity (Wildman–Crippen MR) is 137 cm³/mol. The molecule has 0 radical (unpaired) electrons. The smallest absolute Gasteiger partial charge is 0.416 e. The maximum atomic E-state index is 13.0. The van der Waals surface area contributed by atoms with Crippen molar-refractivity contribution in [3.63, 3.8) is 0 Å². The Hall–Kier alpha value is -3.59. The number of ether oxygens (including phenoxy) is 1. The van der Waals surface area contributed by atoms with Crippen molar-refractivity contribution in [3.8, 4) is 5.75 Å². The van der Waals surface area contributed by atoms with Gasteiger partial charge in [0.05, 0.1) is 5.56 Å². The second kappa shape index (κ2) is 10.3. The fraction of sp³-hybridized carbons (Fsp3) is 0.379. The summed E-state index contributed by atoms with van der Waals surface area (Å²) in [6.45, 7) is 5.93. The summed E-state index contributed by atoms with van der Waals surface area (Å²) in [6, 6.07) is 14.4. The molecule has 1 atom stereocenters. The Labute approximate surface area is 220 Å². The van der Waals surface area contributed by atoms with Crippen molar-refractivity contribution in [2.75, 3.05) is 39.3 Å². The lowest BCUT2D eigenvalue weighted by Gasteiger charge is -2.48. The Balaban J connectivity index is 1.09. The van der Waals surface area contributed by atoms with E-state index >= 15 is 0 Å². The zero-order valence-electron chi connectivity index (χ0n) is 21.2. The largest absolute Gasteiger partial charge is 0.483 e. The molecule has 6 nitrogen and oxygen atoms in total. The van der Waals surface area contributed by atoms with Crippen molar-refractivity contribution in [1.29, 1.82) is 0 Å². The summed E-state index contributed by atoms with van der Waals surface area (Å²) in [5.74, 6) is 0.124. The maximum absolute atomic E-state index is 13.0. The van der Waals surface area contributed by atoms with Gasteiger partial charge in [0.2, 0.25) is 0 Å². The number of halogens is 3. The lowest BCUT2D eigenvalue weighted by molar-refractivity contribution is -0.138. The van der Waals surface area contributed by atoms with Gasteiger partial charge in [-0.15, -0.1) is 0 Å². The van der Waals surface area contributed by atoms with Crippen molar-refractivity contribution in [2.45, 2.75) is 31.2 Å². The van der Waals surface area contributed by atoms with Gasteiger partial charge in [-0.25, -0.2) is 0 Å². The number of nitrogens with zero attached hydrogens (tertiary/aromatic N) is 3. The Kier molecular flexibility index (Phi) is 7.05. The minimum absolute atomic E-state index is 0.0516. The van der Waals surface area contributed by atoms with Crippen LogP contribution in [0.5, 0.6) is 5.75 Å². The van der Waals surface area contributed by atoms with E-state index in [4.69, 9.17) is 4.74 Å². The van der Waals surface area contributed by atoms with Crippen LogP contribution < -0.4 is 4.74 Å². The standard InChI is InChI=1S/C29H30F3N3O3/c1-28(38-25-9-5-8-23(18-25)29(30,31)32)12-10-22(11-13-28)27(37)35-19-24(20-35)33-14-16-34(17-15-33)26(36)21-6-3-2-4-7-21/h2-12,18,24H,13-17,19-20H2,1H3. The molecule has 0 spiro atoms. The van der Waals surface area contributed by atoms with E-state index in [2.05, 4.69) is 4.90 Å². The molecule has 2 aromatic carbocycles. The van der Waals surface area contributed by atoms with Gasteiger partial charge >= 0.3 is 6.18 Å². The molecule has 2 heterocycles. The normalized spacial score (nSPS) is 22.6. The van der Waals surface area contributed by atoms with Crippen LogP contribution in [-0.4, -0.2) is 77.4 Å². The van der Waals surface area contributed by atoms with E-state index < -0.39 is 17.3 Å². The van der Waals surface area contributed by atoms with E-state index in [-0.39, 0.29) is 23.6 Å². The van der Waals surface area contributed by atoms with Crippen LogP contribution in [-0.2, 0) is 11.0 Å². The van der Waals surface area contributed by atoms with Gasteiger partial charge in [-0.3, -0.25) is 14.5 Å². The zero-order chi connectivity index (χ0) is 26.9. The number of likely N-dealkylation sites (tertiary alicyclic amines) is 1. The molecule has 9 heteroatoms. The fourth-order valence-corrected chi connectivity index (χ4v) is 5.04. The predicted octanol–water partition coefficient (Wildman–Crippen LogP) is 4.40. The van der Waals surface area contributed by atoms with Crippen molar-refractivity contribution < 1.29 is 27.5 Å². The quantitative estimate of drug-likeness (QED) is 0.581. The van der Waals surface area contributed by atoms with Gasteiger partial charge in [0, 0.05) is 62.9 Å². The highest BCUT2D eigenvalue weighted by molar-refractivity contribution is 5.97. The van der Waals surface area contributed by atoms with E-state index in [9.17, 15) is 22.8 Å². The zero-order valence-corrected chi connectivity index (χ0v) is 21.2. The molecule has 0 N–H and O–H groups in total. The number of carbonyl (C=O) groups excluding carboxylic acids is 2. The second-order valence-corrected chi connectivity index (χ2v) is 10.2.